The minimum atomic E-state index is -0.455. The maximum absolute atomic E-state index is 12.7. The van der Waals surface area contributed by atoms with Crippen LogP contribution in [0.4, 0.5) is 5.82 Å². The maximum atomic E-state index is 12.7. The number of benzene rings is 1. The number of carbonyl (C=O) groups is 2. The number of thioether (sulfide) groups is 1. The SMILES string of the molecule is CCOc1ccc2nc(N3CCC(C)CC3)c(/C=C3/SC(=N)N(C(C)=O)C3=O)cc2c1. The minimum absolute atomic E-state index is 0.0653. The lowest BCUT2D eigenvalue weighted by atomic mass is 9.98. The van der Waals surface area contributed by atoms with E-state index < -0.39 is 11.8 Å². The highest BCUT2D eigenvalue weighted by Crippen LogP contribution is 2.35. The molecule has 2 saturated heterocycles. The van der Waals surface area contributed by atoms with Crippen LogP contribution in [0, 0.1) is 11.3 Å². The average molecular weight is 439 g/mol. The summed E-state index contributed by atoms with van der Waals surface area (Å²) in [5.41, 5.74) is 1.67. The Morgan fingerprint density at radius 1 is 1.32 bits per heavy atom. The molecule has 0 saturated carbocycles. The molecule has 7 nitrogen and oxygen atoms in total. The van der Waals surface area contributed by atoms with E-state index in [1.54, 1.807) is 6.08 Å². The lowest BCUT2D eigenvalue weighted by molar-refractivity contribution is -0.135. The number of ether oxygens (including phenoxy) is 1. The number of pyridine rings is 1. The number of hydrogen-bond acceptors (Lipinski definition) is 7. The van der Waals surface area contributed by atoms with Crippen LogP contribution in [-0.2, 0) is 9.59 Å². The first-order chi connectivity index (χ1) is 14.9. The summed E-state index contributed by atoms with van der Waals surface area (Å²) in [6.45, 7) is 7.89. The van der Waals surface area contributed by atoms with Crippen molar-refractivity contribution in [2.45, 2.75) is 33.6 Å². The van der Waals surface area contributed by atoms with Gasteiger partial charge in [0.25, 0.3) is 5.91 Å². The predicted octanol–water partition coefficient (Wildman–Crippen LogP) is 4.27. The predicted molar refractivity (Wildman–Crippen MR) is 124 cm³/mol. The summed E-state index contributed by atoms with van der Waals surface area (Å²) in [4.78, 5) is 32.9. The Morgan fingerprint density at radius 2 is 2.06 bits per heavy atom. The smallest absolute Gasteiger partial charge is 0.273 e. The van der Waals surface area contributed by atoms with Crippen LogP contribution in [0.1, 0.15) is 39.2 Å². The van der Waals surface area contributed by atoms with Gasteiger partial charge >= 0.3 is 0 Å². The molecular formula is C23H26N4O3S. The third kappa shape index (κ3) is 4.30. The molecule has 0 atom stereocenters. The molecule has 0 spiro atoms. The van der Waals surface area contributed by atoms with Crippen molar-refractivity contribution in [2.75, 3.05) is 24.6 Å². The monoisotopic (exact) mass is 438 g/mol. The fraction of sp³-hybridized carbons (Fsp3) is 0.391. The largest absolute Gasteiger partial charge is 0.494 e. The van der Waals surface area contributed by atoms with Gasteiger partial charge in [-0.25, -0.2) is 9.88 Å². The van der Waals surface area contributed by atoms with Crippen molar-refractivity contribution in [2.24, 2.45) is 5.92 Å². The molecule has 162 valence electrons. The van der Waals surface area contributed by atoms with Crippen LogP contribution >= 0.6 is 11.8 Å². The zero-order chi connectivity index (χ0) is 22.1. The molecule has 0 unspecified atom stereocenters. The van der Waals surface area contributed by atoms with Gasteiger partial charge in [0.2, 0.25) is 5.91 Å². The number of fused-ring (bicyclic) bond motifs is 1. The van der Waals surface area contributed by atoms with Crippen molar-refractivity contribution in [1.29, 1.82) is 5.41 Å². The highest BCUT2D eigenvalue weighted by atomic mass is 32.2. The van der Waals surface area contributed by atoms with Crippen LogP contribution in [0.15, 0.2) is 29.2 Å². The molecule has 2 fully saturated rings. The van der Waals surface area contributed by atoms with E-state index in [-0.39, 0.29) is 5.17 Å². The lowest BCUT2D eigenvalue weighted by Gasteiger charge is -2.32. The van der Waals surface area contributed by atoms with Gasteiger partial charge in [-0.15, -0.1) is 0 Å². The highest BCUT2D eigenvalue weighted by molar-refractivity contribution is 8.18. The number of rotatable bonds is 4. The highest BCUT2D eigenvalue weighted by Gasteiger charge is 2.35. The van der Waals surface area contributed by atoms with E-state index in [4.69, 9.17) is 15.1 Å². The van der Waals surface area contributed by atoms with Crippen molar-refractivity contribution in [3.63, 3.8) is 0 Å². The molecular weight excluding hydrogens is 412 g/mol. The van der Waals surface area contributed by atoms with Gasteiger partial charge in [-0.2, -0.15) is 0 Å². The quantitative estimate of drug-likeness (QED) is 0.718. The molecule has 31 heavy (non-hydrogen) atoms. The number of aromatic nitrogens is 1. The first-order valence-corrected chi connectivity index (χ1v) is 11.3. The van der Waals surface area contributed by atoms with Crippen LogP contribution in [0.3, 0.4) is 0 Å². The first-order valence-electron chi connectivity index (χ1n) is 10.5. The second-order valence-electron chi connectivity index (χ2n) is 7.93. The molecule has 1 aromatic carbocycles. The van der Waals surface area contributed by atoms with Crippen LogP contribution in [0.2, 0.25) is 0 Å². The zero-order valence-electron chi connectivity index (χ0n) is 18.0. The minimum Gasteiger partial charge on any atom is -0.494 e. The number of imide groups is 1. The molecule has 0 aliphatic carbocycles. The number of anilines is 1. The Morgan fingerprint density at radius 3 is 2.71 bits per heavy atom. The van der Waals surface area contributed by atoms with Crippen LogP contribution in [0.25, 0.3) is 17.0 Å². The molecule has 0 bridgehead atoms. The van der Waals surface area contributed by atoms with Crippen molar-refractivity contribution >= 4 is 51.5 Å². The molecule has 2 aliphatic heterocycles. The fourth-order valence-corrected chi connectivity index (χ4v) is 4.79. The van der Waals surface area contributed by atoms with E-state index in [1.165, 1.54) is 6.92 Å². The molecule has 8 heteroatoms. The zero-order valence-corrected chi connectivity index (χ0v) is 18.8. The maximum Gasteiger partial charge on any atom is 0.273 e. The van der Waals surface area contributed by atoms with Gasteiger partial charge in [0.05, 0.1) is 17.0 Å². The van der Waals surface area contributed by atoms with Crippen molar-refractivity contribution in [3.05, 3.63) is 34.7 Å². The van der Waals surface area contributed by atoms with Crippen molar-refractivity contribution in [1.82, 2.24) is 9.88 Å². The Labute approximate surface area is 186 Å². The van der Waals surface area contributed by atoms with E-state index in [2.05, 4.69) is 11.8 Å². The second kappa shape index (κ2) is 8.70. The van der Waals surface area contributed by atoms with E-state index in [1.807, 2.05) is 31.2 Å². The molecule has 4 rings (SSSR count). The Bertz CT molecular complexity index is 1090. The summed E-state index contributed by atoms with van der Waals surface area (Å²) in [5.74, 6) is 1.38. The van der Waals surface area contributed by atoms with Crippen molar-refractivity contribution in [3.8, 4) is 5.75 Å². The molecule has 2 amide bonds. The normalized spacial score (nSPS) is 19.0. The van der Waals surface area contributed by atoms with E-state index in [9.17, 15) is 9.59 Å². The lowest BCUT2D eigenvalue weighted by Crippen LogP contribution is -2.34. The van der Waals surface area contributed by atoms with E-state index in [0.717, 1.165) is 70.6 Å². The fourth-order valence-electron chi connectivity index (χ4n) is 3.91. The third-order valence-electron chi connectivity index (χ3n) is 5.61. The topological polar surface area (TPSA) is 86.6 Å². The summed E-state index contributed by atoms with van der Waals surface area (Å²) in [6, 6.07) is 7.83. The number of hydrogen-bond donors (Lipinski definition) is 1. The molecule has 1 aromatic heterocycles. The number of piperidine rings is 1. The number of amides is 2. The van der Waals surface area contributed by atoms with Gasteiger partial charge in [0.15, 0.2) is 5.17 Å². The van der Waals surface area contributed by atoms with Gasteiger partial charge < -0.3 is 9.64 Å². The number of nitrogens with one attached hydrogen (secondary N) is 1. The Hall–Kier alpha value is -2.87. The van der Waals surface area contributed by atoms with Crippen molar-refractivity contribution < 1.29 is 14.3 Å². The average Bonchev–Trinajstić information content (AvgIpc) is 3.01. The van der Waals surface area contributed by atoms with Gasteiger partial charge in [-0.1, -0.05) is 6.92 Å². The standard InChI is InChI=1S/C23H26N4O3S/c1-4-30-18-5-6-19-16(12-18)11-17(21(25-19)26-9-7-14(2)8-10-26)13-20-22(29)27(15(3)28)23(24)31-20/h5-6,11-14,24H,4,7-10H2,1-3H3/b20-13+,24-23?. The Kier molecular flexibility index (Phi) is 6.00. The first kappa shape index (κ1) is 21.4. The second-order valence-corrected chi connectivity index (χ2v) is 8.96. The van der Waals surface area contributed by atoms with Gasteiger partial charge in [-0.3, -0.25) is 15.0 Å². The molecule has 2 aliphatic rings. The van der Waals surface area contributed by atoms with Crippen LogP contribution in [-0.4, -0.2) is 46.6 Å². The summed E-state index contributed by atoms with van der Waals surface area (Å²) in [5, 5.41) is 8.86. The number of nitrogens with zero attached hydrogens (tertiary/aromatic N) is 3. The van der Waals surface area contributed by atoms with Crippen LogP contribution in [0.5, 0.6) is 5.75 Å². The molecule has 2 aromatic rings. The number of carbonyl (C=O) groups excluding carboxylic acids is 2. The van der Waals surface area contributed by atoms with Gasteiger partial charge in [-0.05, 0) is 67.8 Å². The van der Waals surface area contributed by atoms with Crippen LogP contribution < -0.4 is 9.64 Å². The molecule has 0 radical (unpaired) electrons. The van der Waals surface area contributed by atoms with E-state index >= 15 is 0 Å². The van der Waals surface area contributed by atoms with Gasteiger partial charge in [0, 0.05) is 31.0 Å². The van der Waals surface area contributed by atoms with E-state index in [0.29, 0.717) is 17.4 Å². The molecule has 3 heterocycles. The number of amidine groups is 1. The van der Waals surface area contributed by atoms with Gasteiger partial charge in [0.1, 0.15) is 11.6 Å². The summed E-state index contributed by atoms with van der Waals surface area (Å²) < 4.78 is 5.63. The molecule has 1 N–H and O–H groups in total. The summed E-state index contributed by atoms with van der Waals surface area (Å²) in [7, 11) is 0. The Balaban J connectivity index is 1.80. The third-order valence-corrected chi connectivity index (χ3v) is 6.50. The summed E-state index contributed by atoms with van der Waals surface area (Å²) in [6.07, 6.45) is 3.95. The summed E-state index contributed by atoms with van der Waals surface area (Å²) >= 11 is 1.01.